The zero-order valence-electron chi connectivity index (χ0n) is 5.77. The molecule has 0 saturated carbocycles. The second-order valence-electron chi connectivity index (χ2n) is 1.98. The van der Waals surface area contributed by atoms with Crippen molar-refractivity contribution >= 4 is 31.3 Å². The Morgan fingerprint density at radius 1 is 1.25 bits per heavy atom. The maximum Gasteiger partial charge on any atom is 0.295 e. The Balaban J connectivity index is 3.43. The van der Waals surface area contributed by atoms with Gasteiger partial charge in [-0.1, -0.05) is 12.1 Å². The first-order chi connectivity index (χ1) is 5.55. The van der Waals surface area contributed by atoms with Crippen LogP contribution in [0.1, 0.15) is 0 Å². The molecule has 0 aliphatic carbocycles. The highest BCUT2D eigenvalue weighted by Gasteiger charge is 2.13. The second kappa shape index (κ2) is 3.58. The summed E-state index contributed by atoms with van der Waals surface area (Å²) in [6.07, 6.45) is 0. The minimum absolute atomic E-state index is 0.193. The van der Waals surface area contributed by atoms with E-state index >= 15 is 0 Å². The van der Waals surface area contributed by atoms with Gasteiger partial charge in [0.05, 0.1) is 3.57 Å². The summed E-state index contributed by atoms with van der Waals surface area (Å²) in [6.45, 7) is 0. The van der Waals surface area contributed by atoms with Crippen molar-refractivity contribution in [3.05, 3.63) is 27.8 Å². The highest BCUT2D eigenvalue weighted by molar-refractivity contribution is 14.1. The van der Waals surface area contributed by atoms with Crippen LogP contribution in [0.5, 0.6) is 0 Å². The van der Waals surface area contributed by atoms with Crippen molar-refractivity contribution in [1.29, 1.82) is 0 Å². The third kappa shape index (κ3) is 2.08. The van der Waals surface area contributed by atoms with Crippen LogP contribution in [0.25, 0.3) is 0 Å². The largest absolute Gasteiger partial charge is 0.295 e. The predicted octanol–water partition coefficient (Wildman–Crippen LogP) is 1.42. The quantitative estimate of drug-likeness (QED) is 0.662. The molecule has 66 valence electrons. The number of halogens is 1. The van der Waals surface area contributed by atoms with Crippen LogP contribution in [-0.2, 0) is 13.2 Å². The van der Waals surface area contributed by atoms with Crippen LogP contribution in [0, 0.1) is 3.57 Å². The van der Waals surface area contributed by atoms with Gasteiger partial charge in [-0.15, -0.1) is 0 Å². The summed E-state index contributed by atoms with van der Waals surface area (Å²) < 4.78 is 40.7. The van der Waals surface area contributed by atoms with E-state index in [0.717, 1.165) is 0 Å². The van der Waals surface area contributed by atoms with E-state index in [4.69, 9.17) is 4.55 Å². The Morgan fingerprint density at radius 2 is 1.83 bits per heavy atom. The Labute approximate surface area is 80.0 Å². The summed E-state index contributed by atoms with van der Waals surface area (Å²) in [5, 5.41) is 0. The molecule has 0 heterocycles. The van der Waals surface area contributed by atoms with Crippen LogP contribution in [0.4, 0.5) is 0 Å². The molecular weight excluding hydrogens is 295 g/mol. The summed E-state index contributed by atoms with van der Waals surface area (Å²) in [7, 11) is -4.22. The fraction of sp³-hybridized carbons (Fsp3) is 0. The highest BCUT2D eigenvalue weighted by Crippen LogP contribution is 2.19. The molecule has 1 aromatic carbocycles. The van der Waals surface area contributed by atoms with E-state index in [1.54, 1.807) is 6.07 Å². The normalized spacial score (nSPS) is 11.4. The highest BCUT2D eigenvalue weighted by atomic mass is 127. The van der Waals surface area contributed by atoms with Gasteiger partial charge in [0.15, 0.2) is 21.2 Å². The molecule has 1 aromatic rings. The van der Waals surface area contributed by atoms with Crippen molar-refractivity contribution < 1.29 is 16.0 Å². The van der Waals surface area contributed by atoms with Crippen molar-refractivity contribution in [3.63, 3.8) is 0 Å². The lowest BCUT2D eigenvalue weighted by Gasteiger charge is -1.97. The van der Waals surface area contributed by atoms with Crippen molar-refractivity contribution in [2.45, 2.75) is 4.90 Å². The average molecular weight is 300 g/mol. The molecule has 0 atom stereocenters. The van der Waals surface area contributed by atoms with Crippen molar-refractivity contribution in [1.82, 2.24) is 0 Å². The number of hydrogen-bond acceptors (Lipinski definition) is 3. The Bertz CT molecular complexity index is 398. The summed E-state index contributed by atoms with van der Waals surface area (Å²) in [5.74, 6) is 0. The van der Waals surface area contributed by atoms with Gasteiger partial charge >= 0.3 is 0 Å². The standard InChI is InChI=1S/C6H5IO4S/c8-7-5-3-1-2-4-6(5)12(9,10)11/h1-4H,(H,9,10,11). The Morgan fingerprint density at radius 3 is 2.25 bits per heavy atom. The van der Waals surface area contributed by atoms with E-state index in [0.29, 0.717) is 0 Å². The zero-order valence-corrected chi connectivity index (χ0v) is 8.74. The molecule has 12 heavy (non-hydrogen) atoms. The van der Waals surface area contributed by atoms with Crippen LogP contribution in [0.3, 0.4) is 0 Å². The molecule has 0 unspecified atom stereocenters. The van der Waals surface area contributed by atoms with Gasteiger partial charge in [-0.2, -0.15) is 8.42 Å². The fourth-order valence-corrected chi connectivity index (χ4v) is 3.08. The van der Waals surface area contributed by atoms with E-state index in [2.05, 4.69) is 0 Å². The van der Waals surface area contributed by atoms with Gasteiger partial charge in [-0.3, -0.25) is 7.62 Å². The number of benzene rings is 1. The molecule has 0 aliphatic heterocycles. The molecule has 0 amide bonds. The molecule has 0 fully saturated rings. The lowest BCUT2D eigenvalue weighted by molar-refractivity contribution is 0.482. The van der Waals surface area contributed by atoms with E-state index in [9.17, 15) is 11.5 Å². The van der Waals surface area contributed by atoms with Crippen LogP contribution in [0.15, 0.2) is 29.2 Å². The van der Waals surface area contributed by atoms with Gasteiger partial charge in [0.2, 0.25) is 0 Å². The maximum absolute atomic E-state index is 10.6. The SMILES string of the molecule is O=Ic1ccccc1S(=O)(=O)O. The van der Waals surface area contributed by atoms with E-state index in [1.807, 2.05) is 0 Å². The van der Waals surface area contributed by atoms with Crippen molar-refractivity contribution in [2.75, 3.05) is 0 Å². The topological polar surface area (TPSA) is 71.4 Å². The van der Waals surface area contributed by atoms with E-state index in [-0.39, 0.29) is 8.47 Å². The van der Waals surface area contributed by atoms with Crippen molar-refractivity contribution in [2.24, 2.45) is 0 Å². The summed E-state index contributed by atoms with van der Waals surface area (Å²) in [5.41, 5.74) is 0. The molecule has 0 bridgehead atoms. The number of rotatable bonds is 2. The van der Waals surface area contributed by atoms with Crippen LogP contribution >= 0.6 is 21.2 Å². The summed E-state index contributed by atoms with van der Waals surface area (Å²) in [6, 6.07) is 5.68. The third-order valence-electron chi connectivity index (χ3n) is 1.20. The molecule has 0 spiro atoms. The van der Waals surface area contributed by atoms with E-state index < -0.39 is 31.3 Å². The van der Waals surface area contributed by atoms with Crippen LogP contribution < -0.4 is 0 Å². The van der Waals surface area contributed by atoms with Gasteiger partial charge in [-0.05, 0) is 12.1 Å². The monoisotopic (exact) mass is 300 g/mol. The molecule has 0 aromatic heterocycles. The maximum atomic E-state index is 10.6. The second-order valence-corrected chi connectivity index (χ2v) is 4.98. The first-order valence-corrected chi connectivity index (χ1v) is 6.29. The molecule has 0 radical (unpaired) electrons. The van der Waals surface area contributed by atoms with Gasteiger partial charge in [0.1, 0.15) is 4.90 Å². The van der Waals surface area contributed by atoms with E-state index in [1.165, 1.54) is 18.2 Å². The molecule has 0 aliphatic rings. The van der Waals surface area contributed by atoms with Gasteiger partial charge in [0.25, 0.3) is 10.1 Å². The molecule has 6 heteroatoms. The van der Waals surface area contributed by atoms with Crippen LogP contribution in [0.2, 0.25) is 0 Å². The summed E-state index contributed by atoms with van der Waals surface area (Å²) >= 11 is -1.57. The van der Waals surface area contributed by atoms with Crippen molar-refractivity contribution in [3.8, 4) is 0 Å². The Kier molecular flexibility index (Phi) is 2.91. The molecule has 1 rings (SSSR count). The molecular formula is C6H5IO4S. The predicted molar refractivity (Wildman–Crippen MR) is 49.7 cm³/mol. The zero-order chi connectivity index (χ0) is 9.19. The fourth-order valence-electron chi connectivity index (χ4n) is 0.718. The third-order valence-corrected chi connectivity index (χ3v) is 3.89. The molecule has 0 saturated heterocycles. The minimum Gasteiger partial charge on any atom is -0.282 e. The first-order valence-electron chi connectivity index (χ1n) is 2.89. The Hall–Kier alpha value is -0.340. The van der Waals surface area contributed by atoms with Gasteiger partial charge in [0, 0.05) is 0 Å². The minimum atomic E-state index is -4.22. The first kappa shape index (κ1) is 9.75. The van der Waals surface area contributed by atoms with Crippen LogP contribution in [-0.4, -0.2) is 13.0 Å². The lowest BCUT2D eigenvalue weighted by atomic mass is 10.4. The molecule has 1 N–H and O–H groups in total. The smallest absolute Gasteiger partial charge is 0.282 e. The average Bonchev–Trinajstić information content (AvgIpc) is 2.03. The van der Waals surface area contributed by atoms with Gasteiger partial charge < -0.3 is 0 Å². The lowest BCUT2D eigenvalue weighted by Crippen LogP contribution is -2.00. The number of hydrogen-bond donors (Lipinski definition) is 1. The summed E-state index contributed by atoms with van der Waals surface area (Å²) in [4.78, 5) is -0.257. The van der Waals surface area contributed by atoms with Gasteiger partial charge in [-0.25, -0.2) is 0 Å². The molecule has 4 nitrogen and oxygen atoms in total.